The third-order valence-corrected chi connectivity index (χ3v) is 6.22. The van der Waals surface area contributed by atoms with Gasteiger partial charge in [-0.2, -0.15) is 4.31 Å². The number of nitrogens with two attached hydrogens (primary N) is 1. The smallest absolute Gasteiger partial charge is 0.223 e. The summed E-state index contributed by atoms with van der Waals surface area (Å²) >= 11 is 0. The molecule has 0 spiro atoms. The lowest BCUT2D eigenvalue weighted by Gasteiger charge is -2.23. The van der Waals surface area contributed by atoms with Crippen LogP contribution < -0.4 is 5.73 Å². The molecule has 2 rings (SSSR count). The SMILES string of the molecule is CS(=O)(=O)N1CCN(C(=O)CCC2CCCC2)C[C@@H](C(N)=O)C1. The van der Waals surface area contributed by atoms with Gasteiger partial charge >= 0.3 is 0 Å². The molecule has 1 atom stereocenters. The van der Waals surface area contributed by atoms with E-state index in [-0.39, 0.29) is 25.5 Å². The predicted octanol–water partition coefficient (Wildman–Crippen LogP) is 0.162. The second kappa shape index (κ2) is 7.61. The lowest BCUT2D eigenvalue weighted by Crippen LogP contribution is -2.41. The zero-order valence-electron chi connectivity index (χ0n) is 13.7. The lowest BCUT2D eigenvalue weighted by molar-refractivity contribution is -0.132. The van der Waals surface area contributed by atoms with Gasteiger partial charge in [-0.25, -0.2) is 8.42 Å². The van der Waals surface area contributed by atoms with E-state index in [0.29, 0.717) is 18.9 Å². The summed E-state index contributed by atoms with van der Waals surface area (Å²) in [4.78, 5) is 25.6. The number of sulfonamides is 1. The van der Waals surface area contributed by atoms with Gasteiger partial charge in [-0.05, 0) is 12.3 Å². The van der Waals surface area contributed by atoms with E-state index in [1.54, 1.807) is 4.90 Å². The molecule has 0 radical (unpaired) electrons. The van der Waals surface area contributed by atoms with Crippen LogP contribution in [0.3, 0.4) is 0 Å². The van der Waals surface area contributed by atoms with E-state index < -0.39 is 21.8 Å². The first-order valence-corrected chi connectivity index (χ1v) is 10.1. The van der Waals surface area contributed by atoms with Crippen molar-refractivity contribution in [3.8, 4) is 0 Å². The molecular weight excluding hydrogens is 318 g/mol. The number of carbonyl (C=O) groups is 2. The molecule has 1 aliphatic carbocycles. The highest BCUT2D eigenvalue weighted by molar-refractivity contribution is 7.88. The molecule has 1 heterocycles. The number of carbonyl (C=O) groups excluding carboxylic acids is 2. The Balaban J connectivity index is 1.97. The quantitative estimate of drug-likeness (QED) is 0.767. The minimum atomic E-state index is -3.40. The zero-order chi connectivity index (χ0) is 17.0. The maximum atomic E-state index is 12.4. The molecule has 0 unspecified atom stereocenters. The van der Waals surface area contributed by atoms with Crippen molar-refractivity contribution >= 4 is 21.8 Å². The zero-order valence-corrected chi connectivity index (χ0v) is 14.6. The molecule has 2 amide bonds. The van der Waals surface area contributed by atoms with Crippen molar-refractivity contribution in [2.45, 2.75) is 38.5 Å². The summed E-state index contributed by atoms with van der Waals surface area (Å²) in [6, 6.07) is 0. The van der Waals surface area contributed by atoms with Crippen LogP contribution in [0.4, 0.5) is 0 Å². The lowest BCUT2D eigenvalue weighted by atomic mass is 10.0. The first kappa shape index (κ1) is 18.2. The third kappa shape index (κ3) is 5.17. The van der Waals surface area contributed by atoms with Crippen LogP contribution in [0.5, 0.6) is 0 Å². The van der Waals surface area contributed by atoms with Gasteiger partial charge in [0.25, 0.3) is 0 Å². The van der Waals surface area contributed by atoms with Crippen molar-refractivity contribution in [2.75, 3.05) is 32.4 Å². The van der Waals surface area contributed by atoms with E-state index in [4.69, 9.17) is 5.73 Å². The number of primary amides is 1. The van der Waals surface area contributed by atoms with Gasteiger partial charge in [0.2, 0.25) is 21.8 Å². The maximum absolute atomic E-state index is 12.4. The molecule has 8 heteroatoms. The van der Waals surface area contributed by atoms with Gasteiger partial charge in [0.15, 0.2) is 0 Å². The molecule has 1 aliphatic heterocycles. The van der Waals surface area contributed by atoms with Crippen molar-refractivity contribution < 1.29 is 18.0 Å². The van der Waals surface area contributed by atoms with Gasteiger partial charge in [-0.3, -0.25) is 9.59 Å². The molecule has 2 N–H and O–H groups in total. The normalized spacial score (nSPS) is 24.6. The Morgan fingerprint density at radius 2 is 1.78 bits per heavy atom. The minimum absolute atomic E-state index is 0.00139. The topological polar surface area (TPSA) is 101 Å². The molecule has 1 saturated heterocycles. The molecule has 0 aromatic rings. The highest BCUT2D eigenvalue weighted by Gasteiger charge is 2.32. The highest BCUT2D eigenvalue weighted by Crippen LogP contribution is 2.28. The van der Waals surface area contributed by atoms with Crippen LogP contribution in [0, 0.1) is 11.8 Å². The highest BCUT2D eigenvalue weighted by atomic mass is 32.2. The van der Waals surface area contributed by atoms with Crippen LogP contribution in [-0.4, -0.2) is 61.9 Å². The summed E-state index contributed by atoms with van der Waals surface area (Å²) in [6.07, 6.45) is 7.34. The van der Waals surface area contributed by atoms with E-state index in [1.807, 2.05) is 0 Å². The van der Waals surface area contributed by atoms with Gasteiger partial charge in [0, 0.05) is 32.6 Å². The largest absolute Gasteiger partial charge is 0.369 e. The van der Waals surface area contributed by atoms with E-state index in [9.17, 15) is 18.0 Å². The van der Waals surface area contributed by atoms with Crippen LogP contribution in [0.1, 0.15) is 38.5 Å². The molecule has 0 aromatic carbocycles. The molecule has 1 saturated carbocycles. The Kier molecular flexibility index (Phi) is 6.02. The average molecular weight is 345 g/mol. The maximum Gasteiger partial charge on any atom is 0.223 e. The van der Waals surface area contributed by atoms with Gasteiger partial charge in [0.1, 0.15) is 0 Å². The molecule has 0 bridgehead atoms. The van der Waals surface area contributed by atoms with Gasteiger partial charge in [-0.1, -0.05) is 25.7 Å². The second-order valence-corrected chi connectivity index (χ2v) is 8.73. The van der Waals surface area contributed by atoms with Crippen molar-refractivity contribution in [3.63, 3.8) is 0 Å². The standard InChI is InChI=1S/C15H27N3O4S/c1-23(21,22)18-9-8-17(10-13(11-18)15(16)20)14(19)7-6-12-4-2-3-5-12/h12-13H,2-11H2,1H3,(H2,16,20)/t13-/m1/s1. The number of hydrogen-bond acceptors (Lipinski definition) is 4. The molecule has 2 aliphatic rings. The van der Waals surface area contributed by atoms with Crippen molar-refractivity contribution in [1.29, 1.82) is 0 Å². The van der Waals surface area contributed by atoms with E-state index in [2.05, 4.69) is 0 Å². The molecule has 2 fully saturated rings. The number of hydrogen-bond donors (Lipinski definition) is 1. The molecule has 0 aromatic heterocycles. The predicted molar refractivity (Wildman–Crippen MR) is 86.9 cm³/mol. The second-order valence-electron chi connectivity index (χ2n) is 6.75. The van der Waals surface area contributed by atoms with Gasteiger partial charge < -0.3 is 10.6 Å². The van der Waals surface area contributed by atoms with Crippen LogP contribution in [-0.2, 0) is 19.6 Å². The molecular formula is C15H27N3O4S. The van der Waals surface area contributed by atoms with Gasteiger partial charge in [0.05, 0.1) is 12.2 Å². The Hall–Kier alpha value is -1.15. The van der Waals surface area contributed by atoms with Crippen molar-refractivity contribution in [1.82, 2.24) is 9.21 Å². The first-order valence-electron chi connectivity index (χ1n) is 8.29. The first-order chi connectivity index (χ1) is 10.8. The Morgan fingerprint density at radius 3 is 2.35 bits per heavy atom. The molecule has 132 valence electrons. The van der Waals surface area contributed by atoms with Crippen molar-refractivity contribution in [3.05, 3.63) is 0 Å². The Labute approximate surface area is 138 Å². The van der Waals surface area contributed by atoms with E-state index in [0.717, 1.165) is 12.7 Å². The number of amides is 2. The fourth-order valence-electron chi connectivity index (χ4n) is 3.48. The van der Waals surface area contributed by atoms with Crippen LogP contribution in [0.15, 0.2) is 0 Å². The molecule has 23 heavy (non-hydrogen) atoms. The summed E-state index contributed by atoms with van der Waals surface area (Å²) in [7, 11) is -3.40. The Morgan fingerprint density at radius 1 is 1.13 bits per heavy atom. The fraction of sp³-hybridized carbons (Fsp3) is 0.867. The van der Waals surface area contributed by atoms with Crippen LogP contribution in [0.2, 0.25) is 0 Å². The van der Waals surface area contributed by atoms with Crippen molar-refractivity contribution in [2.24, 2.45) is 17.6 Å². The van der Waals surface area contributed by atoms with E-state index in [1.165, 1.54) is 30.0 Å². The van der Waals surface area contributed by atoms with Crippen LogP contribution in [0.25, 0.3) is 0 Å². The average Bonchev–Trinajstić information content (AvgIpc) is 2.86. The number of nitrogens with zero attached hydrogens (tertiary/aromatic N) is 2. The number of rotatable bonds is 5. The summed E-state index contributed by atoms with van der Waals surface area (Å²) in [5.74, 6) is -0.583. The Bertz CT molecular complexity index is 543. The van der Waals surface area contributed by atoms with Crippen LogP contribution >= 0.6 is 0 Å². The molecule has 7 nitrogen and oxygen atoms in total. The minimum Gasteiger partial charge on any atom is -0.369 e. The third-order valence-electron chi connectivity index (χ3n) is 4.95. The van der Waals surface area contributed by atoms with E-state index >= 15 is 0 Å². The fourth-order valence-corrected chi connectivity index (χ4v) is 4.34. The van der Waals surface area contributed by atoms with Gasteiger partial charge in [-0.15, -0.1) is 0 Å². The summed E-state index contributed by atoms with van der Waals surface area (Å²) in [5, 5.41) is 0. The monoisotopic (exact) mass is 345 g/mol. The summed E-state index contributed by atoms with van der Waals surface area (Å²) < 4.78 is 24.8. The summed E-state index contributed by atoms with van der Waals surface area (Å²) in [5.41, 5.74) is 5.38. The summed E-state index contributed by atoms with van der Waals surface area (Å²) in [6.45, 7) is 0.809.